The summed E-state index contributed by atoms with van der Waals surface area (Å²) in [6.07, 6.45) is 0. The molecule has 1 aromatic rings. The predicted octanol–water partition coefficient (Wildman–Crippen LogP) is -5.80. The summed E-state index contributed by atoms with van der Waals surface area (Å²) >= 11 is 0. The van der Waals surface area contributed by atoms with Gasteiger partial charge in [0.25, 0.3) is 5.69 Å². The molecule has 16 heavy (non-hydrogen) atoms. The summed E-state index contributed by atoms with van der Waals surface area (Å²) in [7, 11) is 0. The van der Waals surface area contributed by atoms with Crippen LogP contribution in [-0.4, -0.2) is 21.5 Å². The molecule has 0 aliphatic carbocycles. The first-order valence-electron chi connectivity index (χ1n) is 3.21. The van der Waals surface area contributed by atoms with E-state index < -0.39 is 27.9 Å². The number of carbonyl (C=O) groups is 1. The van der Waals surface area contributed by atoms with Crippen molar-refractivity contribution in [3.63, 3.8) is 0 Å². The van der Waals surface area contributed by atoms with Gasteiger partial charge in [0.05, 0.1) is 10.5 Å². The van der Waals surface area contributed by atoms with Crippen LogP contribution in [0.5, 0.6) is 5.75 Å². The Kier molecular flexibility index (Phi) is 14.1. The van der Waals surface area contributed by atoms with Crippen LogP contribution in [0.3, 0.4) is 0 Å². The first kappa shape index (κ1) is 22.3. The zero-order valence-corrected chi connectivity index (χ0v) is 15.0. The Morgan fingerprint density at radius 1 is 1.31 bits per heavy atom. The molecule has 0 heterocycles. The van der Waals surface area contributed by atoms with Gasteiger partial charge in [-0.25, -0.2) is 4.79 Å². The van der Waals surface area contributed by atoms with E-state index in [0.29, 0.717) is 0 Å². The molecule has 0 atom stereocenters. The van der Waals surface area contributed by atoms with Gasteiger partial charge in [0.1, 0.15) is 0 Å². The number of carboxylic acid groups (broad SMARTS) is 1. The smallest absolute Gasteiger partial charge is 0.872 e. The molecule has 0 spiro atoms. The first-order chi connectivity index (χ1) is 6.02. The van der Waals surface area contributed by atoms with Gasteiger partial charge in [-0.05, 0) is 0 Å². The van der Waals surface area contributed by atoms with Gasteiger partial charge in [0.15, 0.2) is 0 Å². The van der Waals surface area contributed by atoms with E-state index in [1.165, 1.54) is 0 Å². The van der Waals surface area contributed by atoms with Gasteiger partial charge in [-0.3, -0.25) is 10.1 Å². The monoisotopic (exact) mass is 277 g/mol. The van der Waals surface area contributed by atoms with Crippen molar-refractivity contribution < 1.29 is 128 Å². The molecular weight excluding hydrogens is 272 g/mol. The maximum atomic E-state index is 10.8. The van der Waals surface area contributed by atoms with Crippen molar-refractivity contribution in [2.24, 2.45) is 0 Å². The molecular formula is C7H5K2NO6. The molecule has 0 saturated carbocycles. The van der Waals surface area contributed by atoms with Crippen LogP contribution in [0.15, 0.2) is 18.2 Å². The van der Waals surface area contributed by atoms with Gasteiger partial charge in [-0.2, -0.15) is 0 Å². The van der Waals surface area contributed by atoms with Crippen molar-refractivity contribution in [2.45, 2.75) is 0 Å². The maximum Gasteiger partial charge on any atom is 1.00 e. The number of nitro benzene ring substituents is 1. The largest absolute Gasteiger partial charge is 1.00 e. The number of non-ortho nitro benzene ring substituents is 1. The van der Waals surface area contributed by atoms with Crippen LogP contribution in [0.4, 0.5) is 5.69 Å². The van der Waals surface area contributed by atoms with Crippen molar-refractivity contribution in [3.8, 4) is 5.75 Å². The van der Waals surface area contributed by atoms with E-state index in [1.807, 2.05) is 0 Å². The Hall–Kier alpha value is 1.12. The van der Waals surface area contributed by atoms with E-state index in [-0.39, 0.29) is 108 Å². The van der Waals surface area contributed by atoms with Crippen LogP contribution in [0.2, 0.25) is 0 Å². The van der Waals surface area contributed by atoms with Crippen LogP contribution in [-0.2, 0) is 0 Å². The fraction of sp³-hybridized carbons (Fsp3) is 0. The number of benzene rings is 1. The van der Waals surface area contributed by atoms with Crippen LogP contribution < -0.4 is 108 Å². The van der Waals surface area contributed by atoms with Crippen molar-refractivity contribution in [1.29, 1.82) is 0 Å². The number of hydrogen-bond acceptors (Lipinski definition) is 5. The molecule has 0 fully saturated rings. The molecule has 0 aromatic heterocycles. The molecule has 1 aromatic carbocycles. The SMILES string of the molecule is O=C(O)c1cc([N+](=O)[O-])ccc1[O-].[K+].[K+].[OH-]. The van der Waals surface area contributed by atoms with E-state index in [2.05, 4.69) is 0 Å². The second-order valence-corrected chi connectivity index (χ2v) is 2.24. The molecule has 0 aliphatic heterocycles. The van der Waals surface area contributed by atoms with E-state index in [4.69, 9.17) is 5.11 Å². The van der Waals surface area contributed by atoms with Gasteiger partial charge >= 0.3 is 109 Å². The van der Waals surface area contributed by atoms with E-state index in [1.54, 1.807) is 0 Å². The molecule has 0 aliphatic rings. The summed E-state index contributed by atoms with van der Waals surface area (Å²) in [6.45, 7) is 0. The van der Waals surface area contributed by atoms with Crippen molar-refractivity contribution in [1.82, 2.24) is 0 Å². The number of nitrogens with zero attached hydrogens (tertiary/aromatic N) is 1. The molecule has 0 bridgehead atoms. The van der Waals surface area contributed by atoms with E-state index in [9.17, 15) is 20.0 Å². The summed E-state index contributed by atoms with van der Waals surface area (Å²) < 4.78 is 0. The van der Waals surface area contributed by atoms with E-state index >= 15 is 0 Å². The van der Waals surface area contributed by atoms with Crippen molar-refractivity contribution in [3.05, 3.63) is 33.9 Å². The first-order valence-corrected chi connectivity index (χ1v) is 3.21. The average Bonchev–Trinajstić information content (AvgIpc) is 2.04. The third-order valence-electron chi connectivity index (χ3n) is 1.40. The minimum atomic E-state index is -1.46. The van der Waals surface area contributed by atoms with Crippen LogP contribution in [0.1, 0.15) is 10.4 Å². The number of hydrogen-bond donors (Lipinski definition) is 1. The molecule has 0 radical (unpaired) electrons. The minimum Gasteiger partial charge on any atom is -0.872 e. The minimum absolute atomic E-state index is 0. The zero-order valence-electron chi connectivity index (χ0n) is 8.71. The van der Waals surface area contributed by atoms with Crippen LogP contribution in [0, 0.1) is 10.1 Å². The van der Waals surface area contributed by atoms with Gasteiger partial charge in [0.2, 0.25) is 0 Å². The molecule has 0 unspecified atom stereocenters. The van der Waals surface area contributed by atoms with Crippen LogP contribution >= 0.6 is 0 Å². The Morgan fingerprint density at radius 2 is 1.81 bits per heavy atom. The normalized spacial score (nSPS) is 7.75. The predicted molar refractivity (Wildman–Crippen MR) is 41.4 cm³/mol. The summed E-state index contributed by atoms with van der Waals surface area (Å²) in [5.74, 6) is -2.20. The fourth-order valence-electron chi connectivity index (χ4n) is 0.799. The number of nitro groups is 1. The average molecular weight is 277 g/mol. The number of aromatic carboxylic acids is 1. The molecule has 7 nitrogen and oxygen atoms in total. The second kappa shape index (κ2) is 10.1. The molecule has 2 N–H and O–H groups in total. The Morgan fingerprint density at radius 3 is 2.19 bits per heavy atom. The van der Waals surface area contributed by atoms with Gasteiger partial charge in [0, 0.05) is 12.1 Å². The van der Waals surface area contributed by atoms with Crippen LogP contribution in [0.25, 0.3) is 0 Å². The van der Waals surface area contributed by atoms with Gasteiger partial charge in [-0.1, -0.05) is 11.8 Å². The third kappa shape index (κ3) is 6.16. The second-order valence-electron chi connectivity index (χ2n) is 2.24. The topological polar surface area (TPSA) is 134 Å². The summed E-state index contributed by atoms with van der Waals surface area (Å²) in [4.78, 5) is 19.8. The van der Waals surface area contributed by atoms with Gasteiger partial charge in [-0.15, -0.1) is 0 Å². The van der Waals surface area contributed by atoms with Crippen molar-refractivity contribution >= 4 is 11.7 Å². The number of carboxylic acids is 1. The molecule has 76 valence electrons. The number of rotatable bonds is 2. The Bertz CT molecular complexity index is 383. The molecule has 9 heteroatoms. The third-order valence-corrected chi connectivity index (χ3v) is 1.40. The van der Waals surface area contributed by atoms with E-state index in [0.717, 1.165) is 18.2 Å². The Labute approximate surface area is 176 Å². The summed E-state index contributed by atoms with van der Waals surface area (Å²) in [5, 5.41) is 29.5. The molecule has 0 saturated heterocycles. The fourth-order valence-corrected chi connectivity index (χ4v) is 0.799. The summed E-state index contributed by atoms with van der Waals surface area (Å²) in [6, 6.07) is 2.57. The standard InChI is InChI=1S/C7H5NO5.2K.H2O/c9-6-2-1-4(8(12)13)3-5(6)7(10)11;;;/h1-3,9H,(H,10,11);;;1H2/q;2*+1;/p-2. The van der Waals surface area contributed by atoms with Crippen molar-refractivity contribution in [2.75, 3.05) is 0 Å². The van der Waals surface area contributed by atoms with Gasteiger partial charge < -0.3 is 15.7 Å². The zero-order chi connectivity index (χ0) is 10.0. The Balaban J connectivity index is -0.000000563. The molecule has 0 amide bonds. The maximum absolute atomic E-state index is 10.8. The summed E-state index contributed by atoms with van der Waals surface area (Å²) in [5.41, 5.74) is -0.994. The quantitative estimate of drug-likeness (QED) is 0.325. The molecule has 1 rings (SSSR count).